The Hall–Kier alpha value is -1.21. The van der Waals surface area contributed by atoms with Gasteiger partial charge in [0.25, 0.3) is 0 Å². The summed E-state index contributed by atoms with van der Waals surface area (Å²) in [7, 11) is -1.20. The van der Waals surface area contributed by atoms with Crippen LogP contribution in [0.1, 0.15) is 33.6 Å². The van der Waals surface area contributed by atoms with E-state index in [1.54, 1.807) is 11.0 Å². The van der Waals surface area contributed by atoms with Crippen molar-refractivity contribution in [2.24, 2.45) is 5.92 Å². The second-order valence-electron chi connectivity index (χ2n) is 6.59. The second kappa shape index (κ2) is 7.57. The van der Waals surface area contributed by atoms with Gasteiger partial charge in [-0.2, -0.15) is 0 Å². The molecule has 1 aliphatic heterocycles. The number of hydrogen-bond acceptors (Lipinski definition) is 5. The number of rotatable bonds is 3. The molecule has 1 fully saturated rings. The molecule has 0 aromatic carbocycles. The number of halogens is 1. The number of ether oxygens (including phenoxy) is 1. The van der Waals surface area contributed by atoms with E-state index in [2.05, 4.69) is 9.97 Å². The summed E-state index contributed by atoms with van der Waals surface area (Å²) in [5, 5.41) is 0.565. The molecule has 1 amide bonds. The standard InChI is InChI=1S/C15H22ClN3O3S/c1-15(2,3)22-14(20)19-8-5-11(6-9-19)10-23(21)12-4-7-17-13(16)18-12/h4,7,11H,5-6,8-10H2,1-3H3/t23-/m0/s1. The van der Waals surface area contributed by atoms with E-state index in [-0.39, 0.29) is 11.4 Å². The first-order chi connectivity index (χ1) is 10.7. The van der Waals surface area contributed by atoms with Crippen LogP contribution in [-0.4, -0.2) is 49.6 Å². The summed E-state index contributed by atoms with van der Waals surface area (Å²) in [5.74, 6) is 0.818. The first-order valence-corrected chi connectivity index (χ1v) is 9.29. The highest BCUT2D eigenvalue weighted by Gasteiger charge is 2.27. The third-order valence-electron chi connectivity index (χ3n) is 3.49. The Morgan fingerprint density at radius 2 is 2.09 bits per heavy atom. The van der Waals surface area contributed by atoms with Crippen LogP contribution >= 0.6 is 11.6 Å². The molecular weight excluding hydrogens is 338 g/mol. The molecule has 1 saturated heterocycles. The Kier molecular flexibility index (Phi) is 5.97. The normalized spacial score (nSPS) is 17.8. The van der Waals surface area contributed by atoms with Crippen molar-refractivity contribution < 1.29 is 13.7 Å². The smallest absolute Gasteiger partial charge is 0.410 e. The monoisotopic (exact) mass is 359 g/mol. The Labute approximate surface area is 144 Å². The van der Waals surface area contributed by atoms with Crippen LogP contribution in [0.4, 0.5) is 4.79 Å². The lowest BCUT2D eigenvalue weighted by Crippen LogP contribution is -2.42. The highest BCUT2D eigenvalue weighted by molar-refractivity contribution is 7.84. The molecule has 128 valence electrons. The Balaban J connectivity index is 1.83. The Bertz CT molecular complexity index is 584. The number of nitrogens with zero attached hydrogens (tertiary/aromatic N) is 3. The number of amides is 1. The van der Waals surface area contributed by atoms with Crippen molar-refractivity contribution in [2.45, 2.75) is 44.2 Å². The third-order valence-corrected chi connectivity index (χ3v) is 5.14. The predicted molar refractivity (Wildman–Crippen MR) is 88.8 cm³/mol. The van der Waals surface area contributed by atoms with Gasteiger partial charge in [0, 0.05) is 25.0 Å². The lowest BCUT2D eigenvalue weighted by molar-refractivity contribution is 0.0191. The molecule has 8 heteroatoms. The minimum atomic E-state index is -1.20. The number of piperidine rings is 1. The molecule has 1 atom stereocenters. The van der Waals surface area contributed by atoms with E-state index < -0.39 is 16.4 Å². The Morgan fingerprint density at radius 1 is 1.43 bits per heavy atom. The van der Waals surface area contributed by atoms with Crippen LogP contribution in [0.5, 0.6) is 0 Å². The van der Waals surface area contributed by atoms with Crippen LogP contribution < -0.4 is 0 Å². The lowest BCUT2D eigenvalue weighted by Gasteiger charge is -2.33. The molecule has 1 aromatic heterocycles. The van der Waals surface area contributed by atoms with Crippen molar-refractivity contribution in [2.75, 3.05) is 18.8 Å². The van der Waals surface area contributed by atoms with Gasteiger partial charge in [-0.25, -0.2) is 14.8 Å². The van der Waals surface area contributed by atoms with Crippen LogP contribution in [0.25, 0.3) is 0 Å². The molecule has 0 radical (unpaired) electrons. The molecule has 2 heterocycles. The third kappa shape index (κ3) is 5.73. The van der Waals surface area contributed by atoms with Gasteiger partial charge in [0.05, 0.1) is 10.8 Å². The maximum Gasteiger partial charge on any atom is 0.410 e. The number of likely N-dealkylation sites (tertiary alicyclic amines) is 1. The average molecular weight is 360 g/mol. The zero-order valence-corrected chi connectivity index (χ0v) is 15.2. The van der Waals surface area contributed by atoms with E-state index in [1.165, 1.54) is 6.20 Å². The summed E-state index contributed by atoms with van der Waals surface area (Å²) in [4.78, 5) is 21.5. The zero-order chi connectivity index (χ0) is 17.0. The molecule has 23 heavy (non-hydrogen) atoms. The van der Waals surface area contributed by atoms with E-state index >= 15 is 0 Å². The molecule has 0 aliphatic carbocycles. The van der Waals surface area contributed by atoms with Crippen molar-refractivity contribution >= 4 is 28.5 Å². The minimum Gasteiger partial charge on any atom is -0.444 e. The fourth-order valence-electron chi connectivity index (χ4n) is 2.35. The van der Waals surface area contributed by atoms with Gasteiger partial charge in [-0.15, -0.1) is 0 Å². The molecule has 0 saturated carbocycles. The number of carbonyl (C=O) groups excluding carboxylic acids is 1. The molecule has 0 spiro atoms. The van der Waals surface area contributed by atoms with Crippen LogP contribution in [-0.2, 0) is 15.5 Å². The molecule has 0 N–H and O–H groups in total. The quantitative estimate of drug-likeness (QED) is 0.613. The molecular formula is C15H22ClN3O3S. The summed E-state index contributed by atoms with van der Waals surface area (Å²) in [5.41, 5.74) is -0.484. The summed E-state index contributed by atoms with van der Waals surface area (Å²) in [6.07, 6.45) is 2.85. The summed E-state index contributed by atoms with van der Waals surface area (Å²) in [6, 6.07) is 1.62. The van der Waals surface area contributed by atoms with Crippen LogP contribution in [0.2, 0.25) is 5.28 Å². The predicted octanol–water partition coefficient (Wildman–Crippen LogP) is 2.88. The average Bonchev–Trinajstić information content (AvgIpc) is 2.46. The lowest BCUT2D eigenvalue weighted by atomic mass is 9.99. The van der Waals surface area contributed by atoms with Crippen molar-refractivity contribution in [3.05, 3.63) is 17.5 Å². The maximum atomic E-state index is 12.3. The van der Waals surface area contributed by atoms with Crippen molar-refractivity contribution in [3.63, 3.8) is 0 Å². The zero-order valence-electron chi connectivity index (χ0n) is 13.6. The fourth-order valence-corrected chi connectivity index (χ4v) is 3.89. The van der Waals surface area contributed by atoms with Gasteiger partial charge >= 0.3 is 6.09 Å². The van der Waals surface area contributed by atoms with Crippen molar-refractivity contribution in [3.8, 4) is 0 Å². The van der Waals surface area contributed by atoms with Gasteiger partial charge in [-0.3, -0.25) is 4.21 Å². The molecule has 0 unspecified atom stereocenters. The van der Waals surface area contributed by atoms with Crippen LogP contribution in [0.15, 0.2) is 17.3 Å². The molecule has 1 aromatic rings. The van der Waals surface area contributed by atoms with Crippen LogP contribution in [0.3, 0.4) is 0 Å². The summed E-state index contributed by atoms with van der Waals surface area (Å²) in [6.45, 7) is 6.82. The largest absolute Gasteiger partial charge is 0.444 e. The van der Waals surface area contributed by atoms with Gasteiger partial charge in [-0.1, -0.05) is 0 Å². The van der Waals surface area contributed by atoms with E-state index in [9.17, 15) is 9.00 Å². The highest BCUT2D eigenvalue weighted by atomic mass is 35.5. The fraction of sp³-hybridized carbons (Fsp3) is 0.667. The first kappa shape index (κ1) is 18.1. The topological polar surface area (TPSA) is 72.4 Å². The maximum absolute atomic E-state index is 12.3. The molecule has 0 bridgehead atoms. The Morgan fingerprint density at radius 3 is 2.65 bits per heavy atom. The van der Waals surface area contributed by atoms with E-state index in [1.807, 2.05) is 20.8 Å². The van der Waals surface area contributed by atoms with Gasteiger partial charge in [0.2, 0.25) is 5.28 Å². The molecule has 1 aliphatic rings. The molecule has 2 rings (SSSR count). The van der Waals surface area contributed by atoms with Gasteiger partial charge < -0.3 is 9.64 Å². The van der Waals surface area contributed by atoms with E-state index in [0.29, 0.717) is 29.8 Å². The second-order valence-corrected chi connectivity index (χ2v) is 8.37. The van der Waals surface area contributed by atoms with Crippen molar-refractivity contribution in [1.29, 1.82) is 0 Å². The van der Waals surface area contributed by atoms with E-state index in [4.69, 9.17) is 16.3 Å². The number of hydrogen-bond donors (Lipinski definition) is 0. The van der Waals surface area contributed by atoms with Gasteiger partial charge in [-0.05, 0) is 57.2 Å². The van der Waals surface area contributed by atoms with E-state index in [0.717, 1.165) is 12.8 Å². The summed E-state index contributed by atoms with van der Waals surface area (Å²) >= 11 is 5.72. The SMILES string of the molecule is CC(C)(C)OC(=O)N1CCC(C[S@](=O)c2ccnc(Cl)n2)CC1. The summed E-state index contributed by atoms with van der Waals surface area (Å²) < 4.78 is 17.7. The first-order valence-electron chi connectivity index (χ1n) is 7.59. The molecule has 6 nitrogen and oxygen atoms in total. The highest BCUT2D eigenvalue weighted by Crippen LogP contribution is 2.22. The van der Waals surface area contributed by atoms with Crippen LogP contribution in [0, 0.1) is 5.92 Å². The number of aromatic nitrogens is 2. The number of carbonyl (C=O) groups is 1. The van der Waals surface area contributed by atoms with Crippen molar-refractivity contribution in [1.82, 2.24) is 14.9 Å². The minimum absolute atomic E-state index is 0.107. The van der Waals surface area contributed by atoms with Gasteiger partial charge in [0.15, 0.2) is 0 Å². The van der Waals surface area contributed by atoms with Gasteiger partial charge in [0.1, 0.15) is 10.6 Å².